The number of para-hydroxylation sites is 1. The number of carbonyl (C=O) groups is 1. The van der Waals surface area contributed by atoms with Crippen LogP contribution >= 0.6 is 11.6 Å². The molecule has 1 aliphatic heterocycles. The molecule has 2 heterocycles. The number of halogens is 1. The molecule has 0 aliphatic carbocycles. The fourth-order valence-electron chi connectivity index (χ4n) is 4.29. The van der Waals surface area contributed by atoms with E-state index in [1.165, 1.54) is 6.20 Å². The summed E-state index contributed by atoms with van der Waals surface area (Å²) in [5.74, 6) is 1.06. The minimum absolute atomic E-state index is 0.161. The number of anilines is 5. The standard InChI is InChI=1S/C29H37ClN6O5S/c1-19(2)42(38,39)25-10-8-7-9-23(25)32-26-21(30)18-31-27(34-26)33-22-12-11-20(17-24(22)40-6)35-13-15-36(16-14-35)28(37)41-29(3,4)5/h7-12,17-19H,13-16H2,1-6H3,(H2,31,32,33,34). The van der Waals surface area contributed by atoms with Crippen molar-refractivity contribution >= 4 is 56.4 Å². The van der Waals surface area contributed by atoms with E-state index in [1.54, 1.807) is 50.1 Å². The number of sulfone groups is 1. The third kappa shape index (κ3) is 7.35. The van der Waals surface area contributed by atoms with Gasteiger partial charge in [-0.2, -0.15) is 4.98 Å². The Morgan fingerprint density at radius 1 is 1.02 bits per heavy atom. The largest absolute Gasteiger partial charge is 0.494 e. The van der Waals surface area contributed by atoms with Crippen LogP contribution in [0.15, 0.2) is 53.6 Å². The Morgan fingerprint density at radius 3 is 2.36 bits per heavy atom. The van der Waals surface area contributed by atoms with E-state index >= 15 is 0 Å². The van der Waals surface area contributed by atoms with Gasteiger partial charge in [0, 0.05) is 37.9 Å². The summed E-state index contributed by atoms with van der Waals surface area (Å²) >= 11 is 6.38. The molecular weight excluding hydrogens is 580 g/mol. The van der Waals surface area contributed by atoms with Crippen LogP contribution in [0.25, 0.3) is 0 Å². The van der Waals surface area contributed by atoms with Gasteiger partial charge < -0.3 is 29.9 Å². The molecule has 0 atom stereocenters. The minimum Gasteiger partial charge on any atom is -0.494 e. The lowest BCUT2D eigenvalue weighted by molar-refractivity contribution is 0.0240. The van der Waals surface area contributed by atoms with Gasteiger partial charge in [-0.1, -0.05) is 23.7 Å². The van der Waals surface area contributed by atoms with Crippen molar-refractivity contribution in [2.24, 2.45) is 0 Å². The number of ether oxygens (including phenoxy) is 2. The van der Waals surface area contributed by atoms with Crippen molar-refractivity contribution < 1.29 is 22.7 Å². The first-order valence-corrected chi connectivity index (χ1v) is 15.5. The van der Waals surface area contributed by atoms with Gasteiger partial charge in [-0.05, 0) is 58.9 Å². The van der Waals surface area contributed by atoms with E-state index in [2.05, 4.69) is 25.5 Å². The number of amides is 1. The van der Waals surface area contributed by atoms with E-state index in [0.29, 0.717) is 43.3 Å². The highest BCUT2D eigenvalue weighted by Gasteiger charge is 2.27. The van der Waals surface area contributed by atoms with E-state index in [4.69, 9.17) is 21.1 Å². The zero-order chi connectivity index (χ0) is 30.7. The van der Waals surface area contributed by atoms with Crippen LogP contribution < -0.4 is 20.3 Å². The van der Waals surface area contributed by atoms with Crippen LogP contribution in [0.4, 0.5) is 33.6 Å². The van der Waals surface area contributed by atoms with E-state index in [9.17, 15) is 13.2 Å². The Bertz CT molecular complexity index is 1540. The molecule has 0 unspecified atom stereocenters. The molecule has 1 amide bonds. The lowest BCUT2D eigenvalue weighted by Crippen LogP contribution is -2.50. The second kappa shape index (κ2) is 12.6. The third-order valence-corrected chi connectivity index (χ3v) is 9.03. The van der Waals surface area contributed by atoms with Gasteiger partial charge in [0.15, 0.2) is 15.7 Å². The molecule has 1 aromatic heterocycles. The maximum atomic E-state index is 12.9. The number of benzene rings is 2. The molecule has 2 aromatic carbocycles. The summed E-state index contributed by atoms with van der Waals surface area (Å²) < 4.78 is 36.9. The molecule has 0 spiro atoms. The number of aromatic nitrogens is 2. The van der Waals surface area contributed by atoms with E-state index in [1.807, 2.05) is 39.0 Å². The van der Waals surface area contributed by atoms with Gasteiger partial charge in [-0.15, -0.1) is 0 Å². The zero-order valence-electron chi connectivity index (χ0n) is 24.6. The number of carbonyl (C=O) groups excluding carboxylic acids is 1. The summed E-state index contributed by atoms with van der Waals surface area (Å²) in [5.41, 5.74) is 1.41. The highest BCUT2D eigenvalue weighted by atomic mass is 35.5. The second-order valence-electron chi connectivity index (χ2n) is 11.1. The molecule has 226 valence electrons. The molecule has 13 heteroatoms. The number of methoxy groups -OCH3 is 1. The first kappa shape index (κ1) is 31.2. The Morgan fingerprint density at radius 2 is 1.71 bits per heavy atom. The third-order valence-electron chi connectivity index (χ3n) is 6.54. The van der Waals surface area contributed by atoms with Crippen LogP contribution in [0.3, 0.4) is 0 Å². The highest BCUT2D eigenvalue weighted by Crippen LogP contribution is 2.34. The summed E-state index contributed by atoms with van der Waals surface area (Å²) in [6.07, 6.45) is 1.13. The van der Waals surface area contributed by atoms with Crippen molar-refractivity contribution in [3.05, 3.63) is 53.7 Å². The maximum Gasteiger partial charge on any atom is 0.410 e. The first-order valence-electron chi connectivity index (χ1n) is 13.6. The lowest BCUT2D eigenvalue weighted by Gasteiger charge is -2.37. The average molecular weight is 617 g/mol. The number of nitrogens with one attached hydrogen (secondary N) is 2. The number of hydrogen-bond acceptors (Lipinski definition) is 10. The Balaban J connectivity index is 1.49. The summed E-state index contributed by atoms with van der Waals surface area (Å²) in [6, 6.07) is 12.4. The van der Waals surface area contributed by atoms with Crippen LogP contribution in [-0.4, -0.2) is 73.5 Å². The van der Waals surface area contributed by atoms with Crippen molar-refractivity contribution in [1.82, 2.24) is 14.9 Å². The summed E-state index contributed by atoms with van der Waals surface area (Å²) in [4.78, 5) is 25.2. The molecule has 2 N–H and O–H groups in total. The SMILES string of the molecule is COc1cc(N2CCN(C(=O)OC(C)(C)C)CC2)ccc1Nc1ncc(Cl)c(Nc2ccccc2S(=O)(=O)C(C)C)n1. The molecular formula is C29H37ClN6O5S. The maximum absolute atomic E-state index is 12.9. The predicted molar refractivity (Wildman–Crippen MR) is 165 cm³/mol. The molecule has 1 saturated heterocycles. The molecule has 1 fully saturated rings. The van der Waals surface area contributed by atoms with Crippen LogP contribution in [0.5, 0.6) is 5.75 Å². The van der Waals surface area contributed by atoms with E-state index < -0.39 is 20.7 Å². The normalized spacial score (nSPS) is 14.1. The fraction of sp³-hybridized carbons (Fsp3) is 0.414. The van der Waals surface area contributed by atoms with E-state index in [0.717, 1.165) is 5.69 Å². The van der Waals surface area contributed by atoms with Crippen LogP contribution in [0.2, 0.25) is 5.02 Å². The summed E-state index contributed by atoms with van der Waals surface area (Å²) in [5, 5.41) is 5.85. The fourth-order valence-corrected chi connectivity index (χ4v) is 5.63. The van der Waals surface area contributed by atoms with Crippen LogP contribution in [-0.2, 0) is 14.6 Å². The van der Waals surface area contributed by atoms with Gasteiger partial charge in [0.2, 0.25) is 5.95 Å². The highest BCUT2D eigenvalue weighted by molar-refractivity contribution is 7.92. The summed E-state index contributed by atoms with van der Waals surface area (Å²) in [6.45, 7) is 11.2. The Hall–Kier alpha value is -3.77. The van der Waals surface area contributed by atoms with Crippen molar-refractivity contribution in [2.45, 2.75) is 50.4 Å². The molecule has 42 heavy (non-hydrogen) atoms. The van der Waals surface area contributed by atoms with E-state index in [-0.39, 0.29) is 27.8 Å². The van der Waals surface area contributed by atoms with Gasteiger partial charge in [0.25, 0.3) is 0 Å². The number of rotatable bonds is 8. The van der Waals surface area contributed by atoms with Gasteiger partial charge in [0.1, 0.15) is 16.4 Å². The number of piperazine rings is 1. The van der Waals surface area contributed by atoms with Gasteiger partial charge >= 0.3 is 6.09 Å². The van der Waals surface area contributed by atoms with Gasteiger partial charge in [0.05, 0.1) is 34.8 Å². The number of nitrogens with zero attached hydrogens (tertiary/aromatic N) is 4. The zero-order valence-corrected chi connectivity index (χ0v) is 26.2. The average Bonchev–Trinajstić information content (AvgIpc) is 2.94. The molecule has 1 aliphatic rings. The van der Waals surface area contributed by atoms with Crippen LogP contribution in [0.1, 0.15) is 34.6 Å². The van der Waals surface area contributed by atoms with Crippen molar-refractivity contribution in [3.8, 4) is 5.75 Å². The van der Waals surface area contributed by atoms with Gasteiger partial charge in [-0.3, -0.25) is 0 Å². The minimum atomic E-state index is -3.55. The Kier molecular flexibility index (Phi) is 9.37. The molecule has 11 nitrogen and oxygen atoms in total. The van der Waals surface area contributed by atoms with Crippen molar-refractivity contribution in [1.29, 1.82) is 0 Å². The van der Waals surface area contributed by atoms with Crippen molar-refractivity contribution in [3.63, 3.8) is 0 Å². The van der Waals surface area contributed by atoms with Crippen molar-refractivity contribution in [2.75, 3.05) is 48.8 Å². The second-order valence-corrected chi connectivity index (χ2v) is 13.9. The molecule has 0 radical (unpaired) electrons. The molecule has 0 saturated carbocycles. The van der Waals surface area contributed by atoms with Crippen LogP contribution in [0, 0.1) is 0 Å². The Labute approximate surface area is 252 Å². The lowest BCUT2D eigenvalue weighted by atomic mass is 10.2. The molecule has 4 rings (SSSR count). The quantitative estimate of drug-likeness (QED) is 0.317. The monoisotopic (exact) mass is 616 g/mol. The predicted octanol–water partition coefficient (Wildman–Crippen LogP) is 5.87. The number of hydrogen-bond donors (Lipinski definition) is 2. The first-order chi connectivity index (χ1) is 19.8. The molecule has 0 bridgehead atoms. The smallest absolute Gasteiger partial charge is 0.410 e. The topological polar surface area (TPSA) is 126 Å². The van der Waals surface area contributed by atoms with Gasteiger partial charge in [-0.25, -0.2) is 18.2 Å². The summed E-state index contributed by atoms with van der Waals surface area (Å²) in [7, 11) is -1.97. The molecule has 3 aromatic rings.